The summed E-state index contributed by atoms with van der Waals surface area (Å²) in [7, 11) is 1.84. The van der Waals surface area contributed by atoms with Gasteiger partial charge in [0.2, 0.25) is 0 Å². The predicted molar refractivity (Wildman–Crippen MR) is 71.1 cm³/mol. The average Bonchev–Trinajstić information content (AvgIpc) is 2.56. The van der Waals surface area contributed by atoms with Crippen molar-refractivity contribution >= 4 is 5.69 Å². The zero-order valence-corrected chi connectivity index (χ0v) is 11.5. The van der Waals surface area contributed by atoms with Crippen LogP contribution in [0.25, 0.3) is 0 Å². The molecule has 0 amide bonds. The number of rotatable bonds is 3. The number of anilines is 1. The van der Waals surface area contributed by atoms with Crippen LogP contribution in [0.15, 0.2) is 18.2 Å². The van der Waals surface area contributed by atoms with Gasteiger partial charge < -0.3 is 5.32 Å². The fraction of sp³-hybridized carbons (Fsp3) is 0.357. The summed E-state index contributed by atoms with van der Waals surface area (Å²) in [5.41, 5.74) is 2.60. The maximum atomic E-state index is 13.7. The lowest BCUT2D eigenvalue weighted by atomic mass is 10.1. The van der Waals surface area contributed by atoms with Crippen molar-refractivity contribution < 1.29 is 8.78 Å². The van der Waals surface area contributed by atoms with E-state index in [4.69, 9.17) is 0 Å². The summed E-state index contributed by atoms with van der Waals surface area (Å²) in [6, 6.07) is 3.42. The Hall–Kier alpha value is -1.91. The first-order valence-corrected chi connectivity index (χ1v) is 6.12. The van der Waals surface area contributed by atoms with Gasteiger partial charge in [-0.2, -0.15) is 5.10 Å². The zero-order chi connectivity index (χ0) is 14.2. The van der Waals surface area contributed by atoms with Crippen molar-refractivity contribution in [3.63, 3.8) is 0 Å². The molecule has 1 atom stereocenters. The molecule has 0 saturated heterocycles. The number of aryl methyl sites for hydroxylation is 2. The highest BCUT2D eigenvalue weighted by Gasteiger charge is 2.18. The molecular formula is C14H17F2N3. The number of nitrogens with zero attached hydrogens (tertiary/aromatic N) is 2. The number of hydrogen-bond donors (Lipinski definition) is 1. The molecule has 1 aromatic heterocycles. The molecule has 0 fully saturated rings. The highest BCUT2D eigenvalue weighted by Crippen LogP contribution is 2.27. The quantitative estimate of drug-likeness (QED) is 0.920. The molecule has 1 heterocycles. The second kappa shape index (κ2) is 4.99. The van der Waals surface area contributed by atoms with Crippen LogP contribution in [0.4, 0.5) is 14.5 Å². The van der Waals surface area contributed by atoms with E-state index < -0.39 is 17.7 Å². The van der Waals surface area contributed by atoms with Crippen molar-refractivity contribution in [1.29, 1.82) is 0 Å². The summed E-state index contributed by atoms with van der Waals surface area (Å²) in [4.78, 5) is 0. The number of hydrogen-bond acceptors (Lipinski definition) is 2. The van der Waals surface area contributed by atoms with Gasteiger partial charge in [0.25, 0.3) is 0 Å². The van der Waals surface area contributed by atoms with Crippen LogP contribution in [0.2, 0.25) is 0 Å². The van der Waals surface area contributed by atoms with Crippen molar-refractivity contribution in [2.24, 2.45) is 7.05 Å². The summed E-state index contributed by atoms with van der Waals surface area (Å²) < 4.78 is 29.2. The normalized spacial score (nSPS) is 12.5. The molecular weight excluding hydrogens is 248 g/mol. The van der Waals surface area contributed by atoms with Crippen LogP contribution < -0.4 is 5.32 Å². The van der Waals surface area contributed by atoms with Gasteiger partial charge in [0.15, 0.2) is 0 Å². The molecule has 0 bridgehead atoms. The van der Waals surface area contributed by atoms with Crippen molar-refractivity contribution in [1.82, 2.24) is 9.78 Å². The van der Waals surface area contributed by atoms with Crippen molar-refractivity contribution in [3.05, 3.63) is 46.8 Å². The third kappa shape index (κ3) is 2.45. The Bertz CT molecular complexity index is 585. The smallest absolute Gasteiger partial charge is 0.131 e. The van der Waals surface area contributed by atoms with E-state index in [-0.39, 0.29) is 5.56 Å². The highest BCUT2D eigenvalue weighted by molar-refractivity contribution is 5.53. The molecule has 0 aliphatic rings. The number of aromatic nitrogens is 2. The average molecular weight is 265 g/mol. The van der Waals surface area contributed by atoms with Gasteiger partial charge in [0.1, 0.15) is 11.6 Å². The van der Waals surface area contributed by atoms with E-state index in [9.17, 15) is 8.78 Å². The molecule has 0 radical (unpaired) electrons. The van der Waals surface area contributed by atoms with Gasteiger partial charge >= 0.3 is 0 Å². The number of halogens is 2. The van der Waals surface area contributed by atoms with Crippen LogP contribution >= 0.6 is 0 Å². The molecule has 1 unspecified atom stereocenters. The van der Waals surface area contributed by atoms with Gasteiger partial charge in [-0.25, -0.2) is 8.78 Å². The maximum Gasteiger partial charge on any atom is 0.131 e. The summed E-state index contributed by atoms with van der Waals surface area (Å²) in [5, 5.41) is 7.40. The van der Waals surface area contributed by atoms with Gasteiger partial charge in [-0.3, -0.25) is 4.68 Å². The van der Waals surface area contributed by atoms with Crippen LogP contribution in [0, 0.1) is 25.5 Å². The van der Waals surface area contributed by atoms with Gasteiger partial charge in [-0.1, -0.05) is 6.07 Å². The van der Waals surface area contributed by atoms with Gasteiger partial charge in [0, 0.05) is 12.6 Å². The third-order valence-corrected chi connectivity index (χ3v) is 3.30. The van der Waals surface area contributed by atoms with E-state index in [0.717, 1.165) is 17.1 Å². The Labute approximate surface area is 111 Å². The first kappa shape index (κ1) is 13.5. The SMILES string of the molecule is Cc1nn(C)c(C)c1NC(C)c1c(F)cccc1F. The fourth-order valence-corrected chi connectivity index (χ4v) is 2.20. The Morgan fingerprint density at radius 3 is 2.26 bits per heavy atom. The third-order valence-electron chi connectivity index (χ3n) is 3.30. The van der Waals surface area contributed by atoms with E-state index in [1.54, 1.807) is 11.6 Å². The lowest BCUT2D eigenvalue weighted by Crippen LogP contribution is -2.12. The van der Waals surface area contributed by atoms with Gasteiger partial charge in [0.05, 0.1) is 23.1 Å². The Kier molecular flexibility index (Phi) is 3.55. The number of nitrogens with one attached hydrogen (secondary N) is 1. The molecule has 19 heavy (non-hydrogen) atoms. The number of benzene rings is 1. The second-order valence-corrected chi connectivity index (χ2v) is 4.67. The summed E-state index contributed by atoms with van der Waals surface area (Å²) in [6.45, 7) is 5.50. The minimum absolute atomic E-state index is 0.0464. The molecule has 0 aliphatic carbocycles. The zero-order valence-electron chi connectivity index (χ0n) is 11.5. The molecule has 0 aliphatic heterocycles. The fourth-order valence-electron chi connectivity index (χ4n) is 2.20. The molecule has 2 rings (SSSR count). The van der Waals surface area contributed by atoms with Crippen LogP contribution in [0.5, 0.6) is 0 Å². The highest BCUT2D eigenvalue weighted by atomic mass is 19.1. The molecule has 3 nitrogen and oxygen atoms in total. The monoisotopic (exact) mass is 265 g/mol. The molecule has 0 saturated carbocycles. The van der Waals surface area contributed by atoms with Crippen molar-refractivity contribution in [2.45, 2.75) is 26.8 Å². The molecule has 1 aromatic carbocycles. The minimum Gasteiger partial charge on any atom is -0.375 e. The Morgan fingerprint density at radius 1 is 1.21 bits per heavy atom. The van der Waals surface area contributed by atoms with E-state index >= 15 is 0 Å². The Morgan fingerprint density at radius 2 is 1.79 bits per heavy atom. The molecule has 1 N–H and O–H groups in total. The lowest BCUT2D eigenvalue weighted by Gasteiger charge is -2.17. The first-order valence-electron chi connectivity index (χ1n) is 6.12. The summed E-state index contributed by atoms with van der Waals surface area (Å²) in [5.74, 6) is -1.08. The maximum absolute atomic E-state index is 13.7. The van der Waals surface area contributed by atoms with E-state index in [2.05, 4.69) is 10.4 Å². The summed E-state index contributed by atoms with van der Waals surface area (Å²) >= 11 is 0. The van der Waals surface area contributed by atoms with Crippen LogP contribution in [0.3, 0.4) is 0 Å². The molecule has 5 heteroatoms. The van der Waals surface area contributed by atoms with Gasteiger partial charge in [-0.15, -0.1) is 0 Å². The molecule has 0 spiro atoms. The van der Waals surface area contributed by atoms with Crippen molar-refractivity contribution in [3.8, 4) is 0 Å². The minimum atomic E-state index is -0.542. The topological polar surface area (TPSA) is 29.9 Å². The van der Waals surface area contributed by atoms with Crippen LogP contribution in [-0.2, 0) is 7.05 Å². The van der Waals surface area contributed by atoms with Crippen LogP contribution in [-0.4, -0.2) is 9.78 Å². The van der Waals surface area contributed by atoms with E-state index in [1.807, 2.05) is 20.9 Å². The predicted octanol–water partition coefficient (Wildman–Crippen LogP) is 3.49. The summed E-state index contributed by atoms with van der Waals surface area (Å²) in [6.07, 6.45) is 0. The van der Waals surface area contributed by atoms with Crippen LogP contribution in [0.1, 0.15) is 29.9 Å². The molecule has 2 aromatic rings. The lowest BCUT2D eigenvalue weighted by molar-refractivity contribution is 0.544. The van der Waals surface area contributed by atoms with E-state index in [0.29, 0.717) is 0 Å². The Balaban J connectivity index is 2.33. The second-order valence-electron chi connectivity index (χ2n) is 4.67. The van der Waals surface area contributed by atoms with Crippen molar-refractivity contribution in [2.75, 3.05) is 5.32 Å². The standard InChI is InChI=1S/C14H17F2N3/c1-8(13-11(15)6-5-7-12(13)16)17-14-9(2)18-19(4)10(14)3/h5-8,17H,1-4H3. The first-order chi connectivity index (χ1) is 8.91. The largest absolute Gasteiger partial charge is 0.375 e. The van der Waals surface area contributed by atoms with Gasteiger partial charge in [-0.05, 0) is 32.9 Å². The van der Waals surface area contributed by atoms with E-state index in [1.165, 1.54) is 18.2 Å². The molecule has 102 valence electrons.